The minimum atomic E-state index is -0.372. The maximum atomic E-state index is 12.4. The van der Waals surface area contributed by atoms with Gasteiger partial charge in [-0.3, -0.25) is 9.59 Å². The molecule has 0 spiro atoms. The third kappa shape index (κ3) is 7.15. The van der Waals surface area contributed by atoms with Crippen LogP contribution in [0.4, 0.5) is 0 Å². The van der Waals surface area contributed by atoms with Crippen LogP contribution in [-0.2, 0) is 14.3 Å². The van der Waals surface area contributed by atoms with E-state index in [-0.39, 0.29) is 24.4 Å². The Hall–Kier alpha value is -2.08. The molecule has 0 bridgehead atoms. The summed E-state index contributed by atoms with van der Waals surface area (Å²) >= 11 is 0. The topological polar surface area (TPSA) is 59.1 Å². The lowest BCUT2D eigenvalue weighted by Crippen LogP contribution is -2.43. The van der Waals surface area contributed by atoms with E-state index in [4.69, 9.17) is 9.47 Å². The van der Waals surface area contributed by atoms with Gasteiger partial charge in [-0.1, -0.05) is 25.1 Å². The summed E-state index contributed by atoms with van der Waals surface area (Å²) in [6, 6.07) is 9.19. The van der Waals surface area contributed by atoms with Crippen LogP contribution in [0, 0.1) is 5.92 Å². The molecule has 0 N–H and O–H groups in total. The lowest BCUT2D eigenvalue weighted by molar-refractivity contribution is -0.146. The number of nitrogens with zero attached hydrogens (tertiary/aromatic N) is 2. The van der Waals surface area contributed by atoms with Gasteiger partial charge in [-0.2, -0.15) is 0 Å². The quantitative estimate of drug-likeness (QED) is 0.641. The first-order valence-corrected chi connectivity index (χ1v) is 7.62. The number of para-hydroxylation sites is 1. The van der Waals surface area contributed by atoms with Crippen molar-refractivity contribution in [2.24, 2.45) is 5.92 Å². The summed E-state index contributed by atoms with van der Waals surface area (Å²) in [6.45, 7) is 3.26. The molecule has 0 aliphatic rings. The Morgan fingerprint density at radius 2 is 1.78 bits per heavy atom. The van der Waals surface area contributed by atoms with Gasteiger partial charge in [0.2, 0.25) is 0 Å². The molecule has 6 nitrogen and oxygen atoms in total. The highest BCUT2D eigenvalue weighted by Crippen LogP contribution is 2.09. The van der Waals surface area contributed by atoms with Gasteiger partial charge in [-0.15, -0.1) is 0 Å². The third-order valence-electron chi connectivity index (χ3n) is 3.37. The van der Waals surface area contributed by atoms with E-state index >= 15 is 0 Å². The Bertz CT molecular complexity index is 491. The lowest BCUT2D eigenvalue weighted by Gasteiger charge is -2.26. The summed E-state index contributed by atoms with van der Waals surface area (Å²) in [7, 11) is 5.23. The SMILES string of the molecule is COC(=O)C(C)CN(CCN(C)C)C(=O)COc1ccccc1. The van der Waals surface area contributed by atoms with Gasteiger partial charge < -0.3 is 19.3 Å². The largest absolute Gasteiger partial charge is 0.484 e. The number of ether oxygens (including phenoxy) is 2. The molecule has 1 atom stereocenters. The molecule has 0 aliphatic heterocycles. The van der Waals surface area contributed by atoms with E-state index in [9.17, 15) is 9.59 Å². The molecular formula is C17H26N2O4. The number of hydrogen-bond acceptors (Lipinski definition) is 5. The maximum absolute atomic E-state index is 12.4. The van der Waals surface area contributed by atoms with Gasteiger partial charge in [-0.05, 0) is 26.2 Å². The summed E-state index contributed by atoms with van der Waals surface area (Å²) in [5.74, 6) is -0.194. The number of rotatable bonds is 9. The van der Waals surface area contributed by atoms with E-state index in [0.717, 1.165) is 0 Å². The van der Waals surface area contributed by atoms with Crippen molar-refractivity contribution >= 4 is 11.9 Å². The lowest BCUT2D eigenvalue weighted by atomic mass is 10.1. The summed E-state index contributed by atoms with van der Waals surface area (Å²) in [6.07, 6.45) is 0. The molecular weight excluding hydrogens is 296 g/mol. The minimum Gasteiger partial charge on any atom is -0.484 e. The summed E-state index contributed by atoms with van der Waals surface area (Å²) in [5.41, 5.74) is 0. The Kier molecular flexibility index (Phi) is 8.11. The van der Waals surface area contributed by atoms with Crippen molar-refractivity contribution in [2.45, 2.75) is 6.92 Å². The van der Waals surface area contributed by atoms with Gasteiger partial charge in [-0.25, -0.2) is 0 Å². The monoisotopic (exact) mass is 322 g/mol. The zero-order chi connectivity index (χ0) is 17.2. The van der Waals surface area contributed by atoms with Gasteiger partial charge in [0.05, 0.1) is 13.0 Å². The molecule has 6 heteroatoms. The maximum Gasteiger partial charge on any atom is 0.310 e. The molecule has 0 saturated carbocycles. The van der Waals surface area contributed by atoms with Crippen molar-refractivity contribution < 1.29 is 19.1 Å². The Balaban J connectivity index is 2.61. The molecule has 0 heterocycles. The number of hydrogen-bond donors (Lipinski definition) is 0. The molecule has 23 heavy (non-hydrogen) atoms. The molecule has 0 saturated heterocycles. The molecule has 128 valence electrons. The first-order valence-electron chi connectivity index (χ1n) is 7.62. The number of amides is 1. The van der Waals surface area contributed by atoms with Crippen LogP contribution in [0.3, 0.4) is 0 Å². The van der Waals surface area contributed by atoms with Crippen LogP contribution >= 0.6 is 0 Å². The zero-order valence-electron chi connectivity index (χ0n) is 14.3. The van der Waals surface area contributed by atoms with Crippen LogP contribution in [0.5, 0.6) is 5.75 Å². The van der Waals surface area contributed by atoms with Crippen LogP contribution in [0.25, 0.3) is 0 Å². The van der Waals surface area contributed by atoms with Crippen LogP contribution in [-0.4, -0.2) is 69.1 Å². The van der Waals surface area contributed by atoms with Crippen LogP contribution in [0.1, 0.15) is 6.92 Å². The third-order valence-corrected chi connectivity index (χ3v) is 3.37. The normalized spacial score (nSPS) is 11.9. The predicted octanol–water partition coefficient (Wildman–Crippen LogP) is 1.26. The highest BCUT2D eigenvalue weighted by molar-refractivity contribution is 5.79. The highest BCUT2D eigenvalue weighted by Gasteiger charge is 2.21. The summed E-state index contributed by atoms with van der Waals surface area (Å²) < 4.78 is 10.2. The fraction of sp³-hybridized carbons (Fsp3) is 0.529. The molecule has 1 rings (SSSR count). The summed E-state index contributed by atoms with van der Waals surface area (Å²) in [5, 5.41) is 0. The number of benzene rings is 1. The number of esters is 1. The number of carbonyl (C=O) groups is 2. The fourth-order valence-electron chi connectivity index (χ4n) is 2.00. The Labute approximate surface area is 138 Å². The number of methoxy groups -OCH3 is 1. The smallest absolute Gasteiger partial charge is 0.310 e. The van der Waals surface area contributed by atoms with Crippen molar-refractivity contribution in [3.05, 3.63) is 30.3 Å². The van der Waals surface area contributed by atoms with Gasteiger partial charge in [0.1, 0.15) is 5.75 Å². The van der Waals surface area contributed by atoms with Crippen molar-refractivity contribution in [3.8, 4) is 5.75 Å². The molecule has 1 unspecified atom stereocenters. The van der Waals surface area contributed by atoms with E-state index in [0.29, 0.717) is 25.4 Å². The van der Waals surface area contributed by atoms with E-state index in [2.05, 4.69) is 0 Å². The Morgan fingerprint density at radius 3 is 2.35 bits per heavy atom. The first-order chi connectivity index (χ1) is 10.9. The van der Waals surface area contributed by atoms with E-state index in [1.807, 2.05) is 37.2 Å². The van der Waals surface area contributed by atoms with Gasteiger partial charge in [0.15, 0.2) is 6.61 Å². The Morgan fingerprint density at radius 1 is 1.13 bits per heavy atom. The predicted molar refractivity (Wildman–Crippen MR) is 88.3 cm³/mol. The highest BCUT2D eigenvalue weighted by atomic mass is 16.5. The average Bonchev–Trinajstić information content (AvgIpc) is 2.56. The second-order valence-electron chi connectivity index (χ2n) is 5.67. The van der Waals surface area contributed by atoms with Crippen LogP contribution < -0.4 is 4.74 Å². The van der Waals surface area contributed by atoms with Gasteiger partial charge >= 0.3 is 5.97 Å². The van der Waals surface area contributed by atoms with E-state index in [1.165, 1.54) is 7.11 Å². The van der Waals surface area contributed by atoms with Gasteiger partial charge in [0.25, 0.3) is 5.91 Å². The van der Waals surface area contributed by atoms with Crippen molar-refractivity contribution in [1.82, 2.24) is 9.80 Å². The summed E-state index contributed by atoms with van der Waals surface area (Å²) in [4.78, 5) is 27.6. The van der Waals surface area contributed by atoms with Crippen molar-refractivity contribution in [2.75, 3.05) is 47.4 Å². The molecule has 0 aliphatic carbocycles. The zero-order valence-corrected chi connectivity index (χ0v) is 14.3. The van der Waals surface area contributed by atoms with Crippen molar-refractivity contribution in [1.29, 1.82) is 0 Å². The van der Waals surface area contributed by atoms with Crippen LogP contribution in [0.2, 0.25) is 0 Å². The number of carbonyl (C=O) groups excluding carboxylic acids is 2. The molecule has 0 radical (unpaired) electrons. The average molecular weight is 322 g/mol. The number of likely N-dealkylation sites (N-methyl/N-ethyl adjacent to an activating group) is 1. The van der Waals surface area contributed by atoms with E-state index < -0.39 is 0 Å². The molecule has 1 aromatic rings. The minimum absolute atomic E-state index is 0.0503. The second-order valence-corrected chi connectivity index (χ2v) is 5.67. The van der Waals surface area contributed by atoms with Gasteiger partial charge in [0, 0.05) is 19.6 Å². The second kappa shape index (κ2) is 9.84. The van der Waals surface area contributed by atoms with E-state index in [1.54, 1.807) is 24.0 Å². The van der Waals surface area contributed by atoms with Crippen LogP contribution in [0.15, 0.2) is 30.3 Å². The molecule has 0 aromatic heterocycles. The first kappa shape index (κ1) is 19.0. The van der Waals surface area contributed by atoms with Crippen molar-refractivity contribution in [3.63, 3.8) is 0 Å². The fourth-order valence-corrected chi connectivity index (χ4v) is 2.00. The molecule has 0 fully saturated rings. The standard InChI is InChI=1S/C17H26N2O4/c1-14(17(21)22-4)12-19(11-10-18(2)3)16(20)13-23-15-8-6-5-7-9-15/h5-9,14H,10-13H2,1-4H3. The molecule has 1 amide bonds. The molecule has 1 aromatic carbocycles.